The summed E-state index contributed by atoms with van der Waals surface area (Å²) < 4.78 is 19.9. The molecule has 0 aliphatic heterocycles. The minimum atomic E-state index is -0.271. The zero-order chi connectivity index (χ0) is 15.8. The van der Waals surface area contributed by atoms with E-state index in [1.165, 1.54) is 29.7 Å². The highest BCUT2D eigenvalue weighted by Gasteiger charge is 2.32. The lowest BCUT2D eigenvalue weighted by atomic mass is 9.89. The zero-order valence-electron chi connectivity index (χ0n) is 11.9. The smallest absolute Gasteiger partial charge is 0.252 e. The van der Waals surface area contributed by atoms with E-state index >= 15 is 0 Å². The van der Waals surface area contributed by atoms with Gasteiger partial charge in [-0.2, -0.15) is 0 Å². The molecule has 0 bridgehead atoms. The lowest BCUT2D eigenvalue weighted by Crippen LogP contribution is -2.42. The van der Waals surface area contributed by atoms with E-state index in [0.717, 1.165) is 22.7 Å². The minimum Gasteiger partial charge on any atom is -0.472 e. The summed E-state index contributed by atoms with van der Waals surface area (Å²) in [5.74, 6) is 0.0976. The van der Waals surface area contributed by atoms with E-state index < -0.39 is 0 Å². The maximum Gasteiger partial charge on any atom is 0.252 e. The van der Waals surface area contributed by atoms with Gasteiger partial charge in [-0.1, -0.05) is 22.9 Å². The highest BCUT2D eigenvalue weighted by Crippen LogP contribution is 2.32. The van der Waals surface area contributed by atoms with Crippen molar-refractivity contribution in [2.45, 2.75) is 25.0 Å². The molecule has 0 radical (unpaired) electrons. The molecule has 2 aromatic heterocycles. The first kappa shape index (κ1) is 14.6. The van der Waals surface area contributed by atoms with Crippen LogP contribution >= 0.6 is 22.9 Å². The second kappa shape index (κ2) is 5.90. The van der Waals surface area contributed by atoms with Crippen molar-refractivity contribution in [1.29, 1.82) is 0 Å². The molecule has 3 aromatic rings. The Kier molecular flexibility index (Phi) is 3.74. The van der Waals surface area contributed by atoms with Crippen LogP contribution in [0.25, 0.3) is 10.2 Å². The fourth-order valence-corrected chi connectivity index (χ4v) is 3.53. The number of anilines is 1. The highest BCUT2D eigenvalue weighted by molar-refractivity contribution is 7.22. The fraction of sp³-hybridized carbons (Fsp3) is 0.267. The first-order valence-electron chi connectivity index (χ1n) is 7.13. The van der Waals surface area contributed by atoms with Gasteiger partial charge >= 0.3 is 0 Å². The fourth-order valence-electron chi connectivity index (χ4n) is 2.46. The molecule has 0 saturated heterocycles. The minimum absolute atomic E-state index is 0.0634. The Morgan fingerprint density at radius 3 is 2.91 bits per heavy atom. The highest BCUT2D eigenvalue weighted by atomic mass is 35.5. The van der Waals surface area contributed by atoms with Crippen molar-refractivity contribution in [3.05, 3.63) is 41.6 Å². The van der Waals surface area contributed by atoms with Gasteiger partial charge in [0.25, 0.3) is 5.88 Å². The summed E-state index contributed by atoms with van der Waals surface area (Å²) in [7, 11) is 0. The SMILES string of the molecule is Fc1ccc2sc(N[C@H]3C[C@@H](Oc4nccnc4Cl)C3)nc2c1. The summed E-state index contributed by atoms with van der Waals surface area (Å²) in [6.45, 7) is 0. The van der Waals surface area contributed by atoms with Crippen LogP contribution in [0.4, 0.5) is 9.52 Å². The quantitative estimate of drug-likeness (QED) is 0.773. The molecule has 5 nitrogen and oxygen atoms in total. The summed E-state index contributed by atoms with van der Waals surface area (Å²) in [6, 6.07) is 4.92. The number of ether oxygens (including phenoxy) is 1. The normalized spacial score (nSPS) is 20.3. The van der Waals surface area contributed by atoms with E-state index in [1.54, 1.807) is 12.3 Å². The summed E-state index contributed by atoms with van der Waals surface area (Å²) in [6.07, 6.45) is 4.80. The molecule has 2 heterocycles. The lowest BCUT2D eigenvalue weighted by Gasteiger charge is -2.35. The topological polar surface area (TPSA) is 59.9 Å². The van der Waals surface area contributed by atoms with Gasteiger partial charge in [0, 0.05) is 37.3 Å². The Morgan fingerprint density at radius 1 is 1.26 bits per heavy atom. The van der Waals surface area contributed by atoms with Gasteiger partial charge in [0.05, 0.1) is 10.2 Å². The molecule has 1 aromatic carbocycles. The van der Waals surface area contributed by atoms with E-state index in [0.29, 0.717) is 11.4 Å². The third-order valence-corrected chi connectivity index (χ3v) is 4.90. The molecule has 1 aliphatic rings. The van der Waals surface area contributed by atoms with E-state index in [-0.39, 0.29) is 23.1 Å². The van der Waals surface area contributed by atoms with Crippen LogP contribution in [0.3, 0.4) is 0 Å². The maximum atomic E-state index is 13.2. The van der Waals surface area contributed by atoms with Crippen molar-refractivity contribution in [3.8, 4) is 5.88 Å². The number of hydrogen-bond donors (Lipinski definition) is 1. The van der Waals surface area contributed by atoms with Gasteiger partial charge in [0.1, 0.15) is 11.9 Å². The van der Waals surface area contributed by atoms with Crippen LogP contribution in [0.5, 0.6) is 5.88 Å². The molecule has 1 N–H and O–H groups in total. The molecule has 1 saturated carbocycles. The molecule has 0 spiro atoms. The summed E-state index contributed by atoms with van der Waals surface area (Å²) >= 11 is 7.44. The van der Waals surface area contributed by atoms with E-state index in [1.807, 2.05) is 0 Å². The summed E-state index contributed by atoms with van der Waals surface area (Å²) in [5, 5.41) is 4.43. The van der Waals surface area contributed by atoms with Gasteiger partial charge in [-0.05, 0) is 12.1 Å². The number of benzene rings is 1. The van der Waals surface area contributed by atoms with Crippen molar-refractivity contribution < 1.29 is 9.13 Å². The van der Waals surface area contributed by atoms with Crippen LogP contribution in [0.1, 0.15) is 12.8 Å². The molecular weight excluding hydrogens is 339 g/mol. The third-order valence-electron chi connectivity index (χ3n) is 3.67. The van der Waals surface area contributed by atoms with Crippen LogP contribution in [0.2, 0.25) is 5.15 Å². The monoisotopic (exact) mass is 350 g/mol. The standard InChI is InChI=1S/C15H12ClFN4OS/c16-13-14(19-4-3-18-13)22-10-6-9(7-10)20-15-21-11-5-8(17)1-2-12(11)23-15/h1-5,9-10H,6-7H2,(H,20,21)/t9-,10+. The molecule has 0 amide bonds. The Bertz CT molecular complexity index is 852. The van der Waals surface area contributed by atoms with Crippen molar-refractivity contribution in [2.24, 2.45) is 0 Å². The molecule has 1 fully saturated rings. The first-order chi connectivity index (χ1) is 11.2. The van der Waals surface area contributed by atoms with Gasteiger partial charge in [-0.3, -0.25) is 0 Å². The lowest BCUT2D eigenvalue weighted by molar-refractivity contribution is 0.102. The van der Waals surface area contributed by atoms with E-state index in [2.05, 4.69) is 20.3 Å². The van der Waals surface area contributed by atoms with Crippen LogP contribution in [0.15, 0.2) is 30.6 Å². The van der Waals surface area contributed by atoms with Gasteiger partial charge < -0.3 is 10.1 Å². The molecular formula is C15H12ClFN4OS. The van der Waals surface area contributed by atoms with Crippen LogP contribution in [0, 0.1) is 5.82 Å². The Balaban J connectivity index is 1.35. The van der Waals surface area contributed by atoms with Gasteiger partial charge in [-0.25, -0.2) is 19.3 Å². The van der Waals surface area contributed by atoms with E-state index in [9.17, 15) is 4.39 Å². The zero-order valence-corrected chi connectivity index (χ0v) is 13.4. The van der Waals surface area contributed by atoms with Crippen LogP contribution < -0.4 is 10.1 Å². The second-order valence-electron chi connectivity index (χ2n) is 5.34. The van der Waals surface area contributed by atoms with Gasteiger partial charge in [0.15, 0.2) is 10.3 Å². The predicted octanol–water partition coefficient (Wildman–Crippen LogP) is 3.90. The van der Waals surface area contributed by atoms with Crippen molar-refractivity contribution in [2.75, 3.05) is 5.32 Å². The average molecular weight is 351 g/mol. The molecule has 4 rings (SSSR count). The average Bonchev–Trinajstić information content (AvgIpc) is 2.88. The Morgan fingerprint density at radius 2 is 2.09 bits per heavy atom. The Labute approximate surface area is 140 Å². The van der Waals surface area contributed by atoms with Gasteiger partial charge in [-0.15, -0.1) is 0 Å². The predicted molar refractivity (Wildman–Crippen MR) is 87.7 cm³/mol. The van der Waals surface area contributed by atoms with Gasteiger partial charge in [0.2, 0.25) is 0 Å². The van der Waals surface area contributed by atoms with Crippen molar-refractivity contribution in [1.82, 2.24) is 15.0 Å². The summed E-state index contributed by atoms with van der Waals surface area (Å²) in [4.78, 5) is 12.4. The number of thiazole rings is 1. The van der Waals surface area contributed by atoms with Crippen LogP contribution in [-0.4, -0.2) is 27.1 Å². The maximum absolute atomic E-state index is 13.2. The molecule has 1 aliphatic carbocycles. The second-order valence-corrected chi connectivity index (χ2v) is 6.72. The number of nitrogens with one attached hydrogen (secondary N) is 1. The number of aromatic nitrogens is 3. The number of halogens is 2. The number of hydrogen-bond acceptors (Lipinski definition) is 6. The molecule has 8 heteroatoms. The van der Waals surface area contributed by atoms with Crippen molar-refractivity contribution >= 4 is 38.3 Å². The third kappa shape index (κ3) is 3.07. The summed E-state index contributed by atoms with van der Waals surface area (Å²) in [5.41, 5.74) is 0.677. The number of rotatable bonds is 4. The number of fused-ring (bicyclic) bond motifs is 1. The van der Waals surface area contributed by atoms with Crippen molar-refractivity contribution in [3.63, 3.8) is 0 Å². The number of nitrogens with zero attached hydrogens (tertiary/aromatic N) is 3. The largest absolute Gasteiger partial charge is 0.472 e. The molecule has 0 unspecified atom stereocenters. The van der Waals surface area contributed by atoms with Crippen LogP contribution in [-0.2, 0) is 0 Å². The van der Waals surface area contributed by atoms with E-state index in [4.69, 9.17) is 16.3 Å². The first-order valence-corrected chi connectivity index (χ1v) is 8.32. The molecule has 23 heavy (non-hydrogen) atoms. The Hall–Kier alpha value is -1.99. The molecule has 118 valence electrons. The molecule has 0 atom stereocenters.